The number of benzene rings is 2. The summed E-state index contributed by atoms with van der Waals surface area (Å²) < 4.78 is 10.6. The summed E-state index contributed by atoms with van der Waals surface area (Å²) in [4.78, 5) is 15.5. The summed E-state index contributed by atoms with van der Waals surface area (Å²) in [7, 11) is 1.34. The van der Waals surface area contributed by atoms with Gasteiger partial charge in [0.05, 0.1) is 7.11 Å². The Balaban J connectivity index is 1.71. The number of aromatic nitrogens is 1. The minimum absolute atomic E-state index is 0.288. The highest BCUT2D eigenvalue weighted by molar-refractivity contribution is 5.87. The molecular formula is C22H19NO3. The van der Waals surface area contributed by atoms with Crippen molar-refractivity contribution in [1.82, 2.24) is 4.98 Å². The highest BCUT2D eigenvalue weighted by atomic mass is 16.5. The van der Waals surface area contributed by atoms with Gasteiger partial charge in [0.15, 0.2) is 0 Å². The van der Waals surface area contributed by atoms with Crippen LogP contribution < -0.4 is 4.74 Å². The molecule has 0 amide bonds. The van der Waals surface area contributed by atoms with Crippen LogP contribution in [0.3, 0.4) is 0 Å². The number of nitrogens with zero attached hydrogens (tertiary/aromatic N) is 1. The Kier molecular flexibility index (Phi) is 5.78. The fourth-order valence-electron chi connectivity index (χ4n) is 2.40. The van der Waals surface area contributed by atoms with Crippen molar-refractivity contribution >= 4 is 18.1 Å². The Morgan fingerprint density at radius 3 is 2.46 bits per heavy atom. The first-order chi connectivity index (χ1) is 12.8. The number of esters is 1. The van der Waals surface area contributed by atoms with Gasteiger partial charge in [0.25, 0.3) is 0 Å². The van der Waals surface area contributed by atoms with Gasteiger partial charge in [0, 0.05) is 11.8 Å². The molecule has 1 heterocycles. The molecule has 0 N–H and O–H groups in total. The van der Waals surface area contributed by atoms with E-state index in [1.165, 1.54) is 7.11 Å². The summed E-state index contributed by atoms with van der Waals surface area (Å²) in [5.41, 5.74) is 3.26. The number of carbonyl (C=O) groups excluding carboxylic acids is 1. The second-order valence-corrected chi connectivity index (χ2v) is 5.61. The number of methoxy groups -OCH3 is 1. The van der Waals surface area contributed by atoms with E-state index in [1.54, 1.807) is 12.3 Å². The summed E-state index contributed by atoms with van der Waals surface area (Å²) in [5.74, 6) is 0.368. The van der Waals surface area contributed by atoms with Crippen LogP contribution in [-0.4, -0.2) is 18.1 Å². The van der Waals surface area contributed by atoms with Crippen LogP contribution in [0.1, 0.15) is 27.2 Å². The molecule has 0 aliphatic heterocycles. The lowest BCUT2D eigenvalue weighted by molar-refractivity contribution is 0.0594. The molecule has 0 saturated carbocycles. The van der Waals surface area contributed by atoms with Crippen LogP contribution in [0.5, 0.6) is 5.75 Å². The van der Waals surface area contributed by atoms with Crippen molar-refractivity contribution in [2.45, 2.75) is 6.61 Å². The van der Waals surface area contributed by atoms with Gasteiger partial charge in [-0.25, -0.2) is 9.78 Å². The number of hydrogen-bond acceptors (Lipinski definition) is 4. The first-order valence-electron chi connectivity index (χ1n) is 8.24. The highest BCUT2D eigenvalue weighted by Gasteiger charge is 2.05. The third kappa shape index (κ3) is 4.57. The van der Waals surface area contributed by atoms with Crippen LogP contribution >= 0.6 is 0 Å². The first-order valence-corrected chi connectivity index (χ1v) is 8.24. The molecular weight excluding hydrogens is 326 g/mol. The molecule has 26 heavy (non-hydrogen) atoms. The molecule has 130 valence electrons. The predicted octanol–water partition coefficient (Wildman–Crippen LogP) is 4.62. The molecule has 0 spiro atoms. The zero-order valence-corrected chi connectivity index (χ0v) is 14.5. The van der Waals surface area contributed by atoms with Gasteiger partial charge in [-0.3, -0.25) is 0 Å². The lowest BCUT2D eigenvalue weighted by Gasteiger charge is -2.09. The summed E-state index contributed by atoms with van der Waals surface area (Å²) in [6, 6.07) is 21.4. The quantitative estimate of drug-likeness (QED) is 0.612. The molecule has 0 aliphatic rings. The summed E-state index contributed by atoms with van der Waals surface area (Å²) >= 11 is 0. The topological polar surface area (TPSA) is 48.4 Å². The molecule has 0 aliphatic carbocycles. The highest BCUT2D eigenvalue weighted by Crippen LogP contribution is 2.22. The number of rotatable bonds is 6. The molecule has 0 radical (unpaired) electrons. The first kappa shape index (κ1) is 17.4. The Bertz CT molecular complexity index is 887. The van der Waals surface area contributed by atoms with Gasteiger partial charge in [-0.05, 0) is 23.3 Å². The van der Waals surface area contributed by atoms with Gasteiger partial charge < -0.3 is 9.47 Å². The van der Waals surface area contributed by atoms with Crippen molar-refractivity contribution in [2.75, 3.05) is 7.11 Å². The molecule has 2 aromatic carbocycles. The molecule has 3 aromatic rings. The molecule has 0 unspecified atom stereocenters. The number of ether oxygens (including phenoxy) is 2. The number of para-hydroxylation sites is 1. The van der Waals surface area contributed by atoms with E-state index < -0.39 is 5.97 Å². The van der Waals surface area contributed by atoms with E-state index in [1.807, 2.05) is 72.8 Å². The van der Waals surface area contributed by atoms with Crippen LogP contribution in [0.25, 0.3) is 12.2 Å². The lowest BCUT2D eigenvalue weighted by Crippen LogP contribution is -2.03. The second kappa shape index (κ2) is 8.62. The number of carbonyl (C=O) groups is 1. The lowest BCUT2D eigenvalue weighted by atomic mass is 10.1. The average molecular weight is 345 g/mol. The molecule has 4 heteroatoms. The fourth-order valence-corrected chi connectivity index (χ4v) is 2.40. The van der Waals surface area contributed by atoms with Crippen LogP contribution in [0.2, 0.25) is 0 Å². The van der Waals surface area contributed by atoms with Crippen molar-refractivity contribution in [3.8, 4) is 5.75 Å². The molecule has 4 nitrogen and oxygen atoms in total. The Morgan fingerprint density at radius 2 is 1.73 bits per heavy atom. The minimum Gasteiger partial charge on any atom is -0.488 e. The summed E-state index contributed by atoms with van der Waals surface area (Å²) in [6.45, 7) is 0.515. The van der Waals surface area contributed by atoms with E-state index in [2.05, 4.69) is 9.72 Å². The maximum Gasteiger partial charge on any atom is 0.356 e. The van der Waals surface area contributed by atoms with Crippen molar-refractivity contribution < 1.29 is 14.3 Å². The summed E-state index contributed by atoms with van der Waals surface area (Å²) in [6.07, 6.45) is 5.53. The van der Waals surface area contributed by atoms with Gasteiger partial charge >= 0.3 is 5.97 Å². The van der Waals surface area contributed by atoms with E-state index in [-0.39, 0.29) is 5.69 Å². The van der Waals surface area contributed by atoms with Crippen LogP contribution in [0.4, 0.5) is 0 Å². The Morgan fingerprint density at radius 1 is 0.962 bits per heavy atom. The summed E-state index contributed by atoms with van der Waals surface area (Å²) in [5, 5.41) is 0. The van der Waals surface area contributed by atoms with Gasteiger partial charge in [0.2, 0.25) is 0 Å². The SMILES string of the molecule is COC(=O)c1ccc(/C=C/c2ccccc2OCc2ccccc2)cn1. The number of hydrogen-bond donors (Lipinski definition) is 0. The third-order valence-electron chi connectivity index (χ3n) is 3.79. The van der Waals surface area contributed by atoms with Crippen LogP contribution in [0.15, 0.2) is 72.9 Å². The molecule has 0 saturated heterocycles. The number of pyridine rings is 1. The zero-order valence-electron chi connectivity index (χ0n) is 14.5. The van der Waals surface area contributed by atoms with E-state index in [4.69, 9.17) is 4.74 Å². The smallest absolute Gasteiger partial charge is 0.356 e. The molecule has 0 fully saturated rings. The normalized spacial score (nSPS) is 10.7. The maximum atomic E-state index is 11.4. The zero-order chi connectivity index (χ0) is 18.2. The minimum atomic E-state index is -0.444. The van der Waals surface area contributed by atoms with Gasteiger partial charge in [-0.1, -0.05) is 66.7 Å². The Labute approximate surface area is 152 Å². The second-order valence-electron chi connectivity index (χ2n) is 5.61. The van der Waals surface area contributed by atoms with Gasteiger partial charge in [-0.2, -0.15) is 0 Å². The van der Waals surface area contributed by atoms with E-state index in [9.17, 15) is 4.79 Å². The van der Waals surface area contributed by atoms with Crippen molar-refractivity contribution in [3.63, 3.8) is 0 Å². The van der Waals surface area contributed by atoms with E-state index >= 15 is 0 Å². The fraction of sp³-hybridized carbons (Fsp3) is 0.0909. The van der Waals surface area contributed by atoms with Crippen molar-refractivity contribution in [1.29, 1.82) is 0 Å². The average Bonchev–Trinajstić information content (AvgIpc) is 2.72. The predicted molar refractivity (Wildman–Crippen MR) is 102 cm³/mol. The van der Waals surface area contributed by atoms with Crippen LogP contribution in [-0.2, 0) is 11.3 Å². The molecule has 3 rings (SSSR count). The van der Waals surface area contributed by atoms with Crippen molar-refractivity contribution in [3.05, 3.63) is 95.3 Å². The van der Waals surface area contributed by atoms with E-state index in [0.29, 0.717) is 6.61 Å². The van der Waals surface area contributed by atoms with Gasteiger partial charge in [-0.15, -0.1) is 0 Å². The van der Waals surface area contributed by atoms with E-state index in [0.717, 1.165) is 22.4 Å². The molecule has 0 bridgehead atoms. The Hall–Kier alpha value is -3.40. The third-order valence-corrected chi connectivity index (χ3v) is 3.79. The molecule has 1 aromatic heterocycles. The maximum absolute atomic E-state index is 11.4. The standard InChI is InChI=1S/C22H19NO3/c1-25-22(24)20-14-12-17(15-23-20)11-13-19-9-5-6-10-21(19)26-16-18-7-3-2-4-8-18/h2-15H,16H2,1H3/b13-11+. The van der Waals surface area contributed by atoms with Crippen molar-refractivity contribution in [2.24, 2.45) is 0 Å². The largest absolute Gasteiger partial charge is 0.488 e. The monoisotopic (exact) mass is 345 g/mol. The molecule has 0 atom stereocenters. The van der Waals surface area contributed by atoms with Gasteiger partial charge in [0.1, 0.15) is 18.1 Å². The van der Waals surface area contributed by atoms with Crippen LogP contribution in [0, 0.1) is 0 Å².